The molecular weight excluding hydrogens is 206 g/mol. The highest BCUT2D eigenvalue weighted by Crippen LogP contribution is 2.34. The number of ether oxygens (including phenoxy) is 3. The molecule has 4 heteroatoms. The third-order valence-electron chi connectivity index (χ3n) is 2.45. The fraction of sp³-hybridized carbons (Fsp3) is 0.500. The van der Waals surface area contributed by atoms with E-state index >= 15 is 0 Å². The molecule has 0 heterocycles. The lowest BCUT2D eigenvalue weighted by Crippen LogP contribution is -2.08. The van der Waals surface area contributed by atoms with Gasteiger partial charge in [-0.05, 0) is 24.6 Å². The average Bonchev–Trinajstić information content (AvgIpc) is 2.31. The molecule has 0 aliphatic rings. The number of hydrogen-bond donors (Lipinski definition) is 1. The lowest BCUT2D eigenvalue weighted by molar-refractivity contribution is 0.180. The number of benzene rings is 1. The van der Waals surface area contributed by atoms with Gasteiger partial charge in [-0.1, -0.05) is 6.07 Å². The Morgan fingerprint density at radius 1 is 1.12 bits per heavy atom. The molecule has 0 aliphatic heterocycles. The summed E-state index contributed by atoms with van der Waals surface area (Å²) in [5.74, 6) is 1.45. The number of hydrogen-bond acceptors (Lipinski definition) is 4. The molecule has 4 nitrogen and oxygen atoms in total. The van der Waals surface area contributed by atoms with Crippen molar-refractivity contribution in [1.29, 1.82) is 0 Å². The van der Waals surface area contributed by atoms with E-state index in [0.717, 1.165) is 29.0 Å². The average molecular weight is 225 g/mol. The fourth-order valence-corrected chi connectivity index (χ4v) is 1.72. The van der Waals surface area contributed by atoms with Crippen molar-refractivity contribution in [2.24, 2.45) is 5.73 Å². The summed E-state index contributed by atoms with van der Waals surface area (Å²) in [5.41, 5.74) is 7.72. The van der Waals surface area contributed by atoms with Crippen LogP contribution in [0.4, 0.5) is 0 Å². The van der Waals surface area contributed by atoms with Crippen LogP contribution in [0.15, 0.2) is 12.1 Å². The van der Waals surface area contributed by atoms with E-state index in [1.54, 1.807) is 21.3 Å². The van der Waals surface area contributed by atoms with E-state index in [1.165, 1.54) is 0 Å². The summed E-state index contributed by atoms with van der Waals surface area (Å²) in [5, 5.41) is 0. The first kappa shape index (κ1) is 12.8. The van der Waals surface area contributed by atoms with Crippen molar-refractivity contribution in [3.05, 3.63) is 23.3 Å². The largest absolute Gasteiger partial charge is 0.493 e. The molecule has 90 valence electrons. The van der Waals surface area contributed by atoms with Crippen molar-refractivity contribution >= 4 is 0 Å². The van der Waals surface area contributed by atoms with Gasteiger partial charge < -0.3 is 19.9 Å². The lowest BCUT2D eigenvalue weighted by atomic mass is 10.0. The molecule has 2 N–H and O–H groups in total. The van der Waals surface area contributed by atoms with E-state index in [1.807, 2.05) is 12.1 Å². The Hall–Kier alpha value is -1.26. The van der Waals surface area contributed by atoms with Crippen LogP contribution in [-0.2, 0) is 17.8 Å². The second-order valence-corrected chi connectivity index (χ2v) is 3.41. The normalized spacial score (nSPS) is 10.2. The second-order valence-electron chi connectivity index (χ2n) is 3.41. The van der Waals surface area contributed by atoms with Crippen molar-refractivity contribution in [2.75, 3.05) is 27.9 Å². The Kier molecular flexibility index (Phi) is 5.08. The van der Waals surface area contributed by atoms with Crippen LogP contribution in [0.3, 0.4) is 0 Å². The molecule has 0 aromatic heterocycles. The summed E-state index contributed by atoms with van der Waals surface area (Å²) >= 11 is 0. The van der Waals surface area contributed by atoms with Crippen LogP contribution in [0.2, 0.25) is 0 Å². The smallest absolute Gasteiger partial charge is 0.166 e. The maximum atomic E-state index is 5.57. The van der Waals surface area contributed by atoms with Gasteiger partial charge in [0, 0.05) is 12.7 Å². The number of nitrogens with two attached hydrogens (primary N) is 1. The van der Waals surface area contributed by atoms with Gasteiger partial charge in [0.2, 0.25) is 0 Å². The van der Waals surface area contributed by atoms with Crippen LogP contribution < -0.4 is 15.2 Å². The molecule has 0 fully saturated rings. The summed E-state index contributed by atoms with van der Waals surface area (Å²) in [4.78, 5) is 0. The van der Waals surface area contributed by atoms with Crippen molar-refractivity contribution in [3.63, 3.8) is 0 Å². The summed E-state index contributed by atoms with van der Waals surface area (Å²) in [7, 11) is 4.91. The van der Waals surface area contributed by atoms with Gasteiger partial charge in [0.15, 0.2) is 11.5 Å². The SMILES string of the molecule is COCc1c(CCN)ccc(OC)c1OC. The first-order chi connectivity index (χ1) is 7.78. The highest BCUT2D eigenvalue weighted by Gasteiger charge is 2.14. The minimum Gasteiger partial charge on any atom is -0.493 e. The molecule has 0 aliphatic carbocycles. The zero-order valence-corrected chi connectivity index (χ0v) is 10.1. The third-order valence-corrected chi connectivity index (χ3v) is 2.45. The standard InChI is InChI=1S/C12H19NO3/c1-14-8-10-9(6-7-13)4-5-11(15-2)12(10)16-3/h4-5H,6-8,13H2,1-3H3. The number of methoxy groups -OCH3 is 3. The molecule has 0 amide bonds. The Morgan fingerprint density at radius 2 is 1.88 bits per heavy atom. The van der Waals surface area contributed by atoms with Crippen LogP contribution in [0.1, 0.15) is 11.1 Å². The minimum absolute atomic E-state index is 0.496. The van der Waals surface area contributed by atoms with E-state index in [4.69, 9.17) is 19.9 Å². The summed E-state index contributed by atoms with van der Waals surface area (Å²) in [6.07, 6.45) is 0.805. The predicted molar refractivity (Wildman–Crippen MR) is 63.0 cm³/mol. The quantitative estimate of drug-likeness (QED) is 0.794. The molecule has 1 aromatic carbocycles. The Balaban J connectivity index is 3.20. The predicted octanol–water partition coefficient (Wildman–Crippen LogP) is 1.35. The van der Waals surface area contributed by atoms with Gasteiger partial charge in [-0.15, -0.1) is 0 Å². The van der Waals surface area contributed by atoms with Crippen molar-refractivity contribution in [2.45, 2.75) is 13.0 Å². The van der Waals surface area contributed by atoms with E-state index in [2.05, 4.69) is 0 Å². The van der Waals surface area contributed by atoms with Crippen molar-refractivity contribution in [3.8, 4) is 11.5 Å². The van der Waals surface area contributed by atoms with Crippen LogP contribution in [0.25, 0.3) is 0 Å². The summed E-state index contributed by atoms with van der Waals surface area (Å²) < 4.78 is 15.8. The topological polar surface area (TPSA) is 53.7 Å². The lowest BCUT2D eigenvalue weighted by Gasteiger charge is -2.16. The maximum absolute atomic E-state index is 5.57. The molecule has 0 unspecified atom stereocenters. The molecule has 16 heavy (non-hydrogen) atoms. The van der Waals surface area contributed by atoms with E-state index in [9.17, 15) is 0 Å². The van der Waals surface area contributed by atoms with Gasteiger partial charge in [-0.2, -0.15) is 0 Å². The van der Waals surface area contributed by atoms with Crippen molar-refractivity contribution in [1.82, 2.24) is 0 Å². The monoisotopic (exact) mass is 225 g/mol. The van der Waals surface area contributed by atoms with Gasteiger partial charge in [0.1, 0.15) is 0 Å². The highest BCUT2D eigenvalue weighted by atomic mass is 16.5. The fourth-order valence-electron chi connectivity index (χ4n) is 1.72. The first-order valence-corrected chi connectivity index (χ1v) is 5.20. The molecule has 0 radical (unpaired) electrons. The molecule has 0 saturated heterocycles. The molecule has 1 rings (SSSR count). The van der Waals surface area contributed by atoms with Crippen molar-refractivity contribution < 1.29 is 14.2 Å². The summed E-state index contributed by atoms with van der Waals surface area (Å²) in [6.45, 7) is 1.10. The molecular formula is C12H19NO3. The maximum Gasteiger partial charge on any atom is 0.166 e. The zero-order chi connectivity index (χ0) is 12.0. The molecule has 0 atom stereocenters. The molecule has 1 aromatic rings. The van der Waals surface area contributed by atoms with E-state index in [-0.39, 0.29) is 0 Å². The minimum atomic E-state index is 0.496. The van der Waals surface area contributed by atoms with Gasteiger partial charge in [-0.25, -0.2) is 0 Å². The molecule has 0 saturated carbocycles. The second kappa shape index (κ2) is 6.35. The van der Waals surface area contributed by atoms with Gasteiger partial charge in [0.05, 0.1) is 20.8 Å². The van der Waals surface area contributed by atoms with Gasteiger partial charge in [0.25, 0.3) is 0 Å². The Bertz CT molecular complexity index is 339. The van der Waals surface area contributed by atoms with Gasteiger partial charge in [-0.3, -0.25) is 0 Å². The highest BCUT2D eigenvalue weighted by molar-refractivity contribution is 5.50. The van der Waals surface area contributed by atoms with Crippen LogP contribution in [-0.4, -0.2) is 27.9 Å². The number of rotatable bonds is 6. The zero-order valence-electron chi connectivity index (χ0n) is 10.1. The van der Waals surface area contributed by atoms with E-state index < -0.39 is 0 Å². The van der Waals surface area contributed by atoms with Crippen LogP contribution >= 0.6 is 0 Å². The first-order valence-electron chi connectivity index (χ1n) is 5.20. The van der Waals surface area contributed by atoms with Crippen LogP contribution in [0, 0.1) is 0 Å². The van der Waals surface area contributed by atoms with Gasteiger partial charge >= 0.3 is 0 Å². The summed E-state index contributed by atoms with van der Waals surface area (Å²) in [6, 6.07) is 3.89. The van der Waals surface area contributed by atoms with Crippen LogP contribution in [0.5, 0.6) is 11.5 Å². The molecule has 0 spiro atoms. The Labute approximate surface area is 96.3 Å². The third kappa shape index (κ3) is 2.65. The molecule has 0 bridgehead atoms. The van der Waals surface area contributed by atoms with E-state index in [0.29, 0.717) is 13.2 Å². The Morgan fingerprint density at radius 3 is 2.38 bits per heavy atom.